The van der Waals surface area contributed by atoms with Crippen molar-refractivity contribution in [3.63, 3.8) is 0 Å². The predicted molar refractivity (Wildman–Crippen MR) is 88.8 cm³/mol. The van der Waals surface area contributed by atoms with Crippen LogP contribution in [0.5, 0.6) is 0 Å². The Labute approximate surface area is 141 Å². The van der Waals surface area contributed by atoms with Gasteiger partial charge in [0.1, 0.15) is 0 Å². The van der Waals surface area contributed by atoms with E-state index < -0.39 is 11.9 Å². The molecule has 0 bridgehead atoms. The minimum Gasteiger partial charge on any atom is -0.348 e. The minimum atomic E-state index is -4.53. The van der Waals surface area contributed by atoms with Gasteiger partial charge >= 0.3 is 6.18 Å². The fourth-order valence-electron chi connectivity index (χ4n) is 2.23. The van der Waals surface area contributed by atoms with Crippen LogP contribution < -0.4 is 5.32 Å². The molecule has 0 saturated carbocycles. The number of thiophene rings is 1. The Balaban J connectivity index is 1.96. The van der Waals surface area contributed by atoms with Gasteiger partial charge in [-0.2, -0.15) is 13.2 Å². The van der Waals surface area contributed by atoms with Crippen molar-refractivity contribution >= 4 is 17.3 Å². The maximum Gasteiger partial charge on any atom is 0.433 e. The van der Waals surface area contributed by atoms with Crippen LogP contribution in [0.15, 0.2) is 53.9 Å². The Bertz CT molecular complexity index is 802. The lowest BCUT2D eigenvalue weighted by atomic mass is 10.1. The number of nitrogens with one attached hydrogen (secondary N) is 1. The van der Waals surface area contributed by atoms with Gasteiger partial charge in [0.2, 0.25) is 5.95 Å². The molecule has 0 fully saturated rings. The lowest BCUT2D eigenvalue weighted by molar-refractivity contribution is -0.141. The molecule has 24 heavy (non-hydrogen) atoms. The van der Waals surface area contributed by atoms with Crippen molar-refractivity contribution in [1.29, 1.82) is 0 Å². The highest BCUT2D eigenvalue weighted by Gasteiger charge is 2.34. The Morgan fingerprint density at radius 2 is 1.79 bits per heavy atom. The van der Waals surface area contributed by atoms with E-state index in [1.165, 1.54) is 11.3 Å². The number of anilines is 1. The summed E-state index contributed by atoms with van der Waals surface area (Å²) >= 11 is 1.33. The summed E-state index contributed by atoms with van der Waals surface area (Å²) in [5, 5.41) is 4.75. The van der Waals surface area contributed by atoms with Crippen molar-refractivity contribution in [2.24, 2.45) is 0 Å². The van der Waals surface area contributed by atoms with Crippen molar-refractivity contribution in [2.45, 2.75) is 19.1 Å². The van der Waals surface area contributed by atoms with E-state index in [1.54, 1.807) is 17.5 Å². The van der Waals surface area contributed by atoms with Crippen LogP contribution >= 0.6 is 11.3 Å². The second-order valence-electron chi connectivity index (χ2n) is 5.21. The van der Waals surface area contributed by atoms with Crippen molar-refractivity contribution in [2.75, 3.05) is 5.32 Å². The maximum atomic E-state index is 13.1. The molecular formula is C17H14F3N3S. The van der Waals surface area contributed by atoms with Gasteiger partial charge in [-0.1, -0.05) is 36.4 Å². The van der Waals surface area contributed by atoms with E-state index in [0.717, 1.165) is 11.6 Å². The minimum absolute atomic E-state index is 0.0374. The summed E-state index contributed by atoms with van der Waals surface area (Å²) < 4.78 is 39.4. The standard InChI is InChI=1S/C17H14F3N3S/c1-11(12-6-3-2-4-7-12)21-16-22-13(14-8-5-9-24-14)10-15(23-16)17(18,19)20/h2-11H,1H3,(H,21,22,23). The van der Waals surface area contributed by atoms with Gasteiger partial charge < -0.3 is 5.32 Å². The molecule has 1 aromatic carbocycles. The fraction of sp³-hybridized carbons (Fsp3) is 0.176. The smallest absolute Gasteiger partial charge is 0.348 e. The summed E-state index contributed by atoms with van der Waals surface area (Å²) in [4.78, 5) is 8.55. The molecule has 3 aromatic rings. The van der Waals surface area contributed by atoms with Crippen LogP contribution in [0.4, 0.5) is 19.1 Å². The molecule has 0 spiro atoms. The third kappa shape index (κ3) is 3.73. The van der Waals surface area contributed by atoms with Gasteiger partial charge in [-0.25, -0.2) is 9.97 Å². The molecule has 0 aliphatic heterocycles. The molecule has 1 atom stereocenters. The first-order chi connectivity index (χ1) is 11.4. The zero-order valence-corrected chi connectivity index (χ0v) is 13.5. The van der Waals surface area contributed by atoms with Crippen molar-refractivity contribution in [3.05, 3.63) is 65.2 Å². The molecule has 0 aliphatic carbocycles. The van der Waals surface area contributed by atoms with E-state index in [1.807, 2.05) is 37.3 Å². The quantitative estimate of drug-likeness (QED) is 0.685. The van der Waals surface area contributed by atoms with E-state index in [0.29, 0.717) is 4.88 Å². The van der Waals surface area contributed by atoms with Gasteiger partial charge in [0.15, 0.2) is 5.69 Å². The van der Waals surface area contributed by atoms with Gasteiger partial charge in [-0.05, 0) is 30.0 Å². The molecule has 3 rings (SSSR count). The molecule has 2 heterocycles. The molecule has 0 radical (unpaired) electrons. The van der Waals surface area contributed by atoms with Crippen LogP contribution in [0.3, 0.4) is 0 Å². The van der Waals surface area contributed by atoms with Crippen LogP contribution in [0.25, 0.3) is 10.6 Å². The number of aromatic nitrogens is 2. The lowest BCUT2D eigenvalue weighted by Crippen LogP contribution is -2.14. The van der Waals surface area contributed by atoms with Crippen molar-refractivity contribution < 1.29 is 13.2 Å². The topological polar surface area (TPSA) is 37.8 Å². The Morgan fingerprint density at radius 1 is 1.04 bits per heavy atom. The normalized spacial score (nSPS) is 12.8. The number of hydrogen-bond acceptors (Lipinski definition) is 4. The Morgan fingerprint density at radius 3 is 2.42 bits per heavy atom. The summed E-state index contributed by atoms with van der Waals surface area (Å²) in [5.41, 5.74) is 0.245. The monoisotopic (exact) mass is 349 g/mol. The predicted octanol–water partition coefficient (Wildman–Crippen LogP) is 5.40. The van der Waals surface area contributed by atoms with Crippen LogP contribution in [0, 0.1) is 0 Å². The number of nitrogens with zero attached hydrogens (tertiary/aromatic N) is 2. The summed E-state index contributed by atoms with van der Waals surface area (Å²) in [6, 6.07) is 13.7. The molecule has 0 aliphatic rings. The molecular weight excluding hydrogens is 335 g/mol. The van der Waals surface area contributed by atoms with E-state index in [2.05, 4.69) is 15.3 Å². The highest BCUT2D eigenvalue weighted by molar-refractivity contribution is 7.13. The molecule has 124 valence electrons. The van der Waals surface area contributed by atoms with Crippen molar-refractivity contribution in [3.8, 4) is 10.6 Å². The number of hydrogen-bond donors (Lipinski definition) is 1. The Kier molecular flexibility index (Phi) is 4.53. The molecule has 0 amide bonds. The summed E-state index contributed by atoms with van der Waals surface area (Å²) in [5.74, 6) is -0.0374. The third-order valence-electron chi connectivity index (χ3n) is 3.44. The highest BCUT2D eigenvalue weighted by Crippen LogP contribution is 2.33. The number of alkyl halides is 3. The molecule has 2 aromatic heterocycles. The molecule has 7 heteroatoms. The summed E-state index contributed by atoms with van der Waals surface area (Å²) in [6.07, 6.45) is -4.53. The maximum absolute atomic E-state index is 13.1. The van der Waals surface area contributed by atoms with Gasteiger partial charge in [0.25, 0.3) is 0 Å². The average Bonchev–Trinajstić information content (AvgIpc) is 3.09. The van der Waals surface area contributed by atoms with Gasteiger partial charge in [-0.15, -0.1) is 11.3 Å². The first kappa shape index (κ1) is 16.4. The van der Waals surface area contributed by atoms with E-state index >= 15 is 0 Å². The first-order valence-corrected chi connectivity index (χ1v) is 8.13. The van der Waals surface area contributed by atoms with Crippen LogP contribution in [0.1, 0.15) is 24.2 Å². The number of halogens is 3. The van der Waals surface area contributed by atoms with Gasteiger partial charge in [-0.3, -0.25) is 0 Å². The molecule has 1 unspecified atom stereocenters. The fourth-order valence-corrected chi connectivity index (χ4v) is 2.91. The largest absolute Gasteiger partial charge is 0.433 e. The zero-order valence-electron chi connectivity index (χ0n) is 12.7. The second-order valence-corrected chi connectivity index (χ2v) is 6.16. The van der Waals surface area contributed by atoms with E-state index in [9.17, 15) is 13.2 Å². The van der Waals surface area contributed by atoms with Crippen LogP contribution in [0.2, 0.25) is 0 Å². The SMILES string of the molecule is CC(Nc1nc(-c2cccs2)cc(C(F)(F)F)n1)c1ccccc1. The lowest BCUT2D eigenvalue weighted by Gasteiger charge is -2.16. The zero-order chi connectivity index (χ0) is 17.2. The second kappa shape index (κ2) is 6.60. The van der Waals surface area contributed by atoms with Crippen molar-refractivity contribution in [1.82, 2.24) is 9.97 Å². The van der Waals surface area contributed by atoms with Gasteiger partial charge in [0.05, 0.1) is 16.6 Å². The third-order valence-corrected chi connectivity index (χ3v) is 4.33. The Hall–Kier alpha value is -2.41. The van der Waals surface area contributed by atoms with E-state index in [4.69, 9.17) is 0 Å². The molecule has 0 saturated heterocycles. The highest BCUT2D eigenvalue weighted by atomic mass is 32.1. The molecule has 3 nitrogen and oxygen atoms in total. The first-order valence-electron chi connectivity index (χ1n) is 7.25. The average molecular weight is 349 g/mol. The van der Waals surface area contributed by atoms with Crippen LogP contribution in [-0.4, -0.2) is 9.97 Å². The molecule has 1 N–H and O–H groups in total. The van der Waals surface area contributed by atoms with Gasteiger partial charge in [0, 0.05) is 0 Å². The van der Waals surface area contributed by atoms with Crippen LogP contribution in [-0.2, 0) is 6.18 Å². The summed E-state index contributed by atoms with van der Waals surface area (Å²) in [6.45, 7) is 1.85. The number of rotatable bonds is 4. The number of benzene rings is 1. The van der Waals surface area contributed by atoms with E-state index in [-0.39, 0.29) is 17.7 Å². The summed E-state index contributed by atoms with van der Waals surface area (Å²) in [7, 11) is 0.